The first-order chi connectivity index (χ1) is 15.6. The van der Waals surface area contributed by atoms with Crippen LogP contribution in [0.5, 0.6) is 0 Å². The quantitative estimate of drug-likeness (QED) is 0.259. The highest BCUT2D eigenvalue weighted by Gasteiger charge is 2.37. The molecule has 0 bridgehead atoms. The van der Waals surface area contributed by atoms with Crippen molar-refractivity contribution in [3.05, 3.63) is 35.9 Å². The van der Waals surface area contributed by atoms with Gasteiger partial charge in [-0.1, -0.05) is 30.3 Å². The lowest BCUT2D eigenvalue weighted by Gasteiger charge is -2.32. The molecule has 0 aromatic heterocycles. The predicted molar refractivity (Wildman–Crippen MR) is 142 cm³/mol. The standard InChI is InChI=1S/C28H48O5S/c1-22(2)31-18-13-16-24(21-34(30)27(6,7)17-19-32-26(3,4)5)25(29)28(8,9)33-20-23-14-11-10-12-15-23/h10-12,14-15,22,24H,13,16-21H2,1-9H3. The number of hydrogen-bond donors (Lipinski definition) is 0. The molecular weight excluding hydrogens is 448 g/mol. The van der Waals surface area contributed by atoms with E-state index >= 15 is 0 Å². The third-order valence-corrected chi connectivity index (χ3v) is 7.90. The minimum atomic E-state index is -1.20. The van der Waals surface area contributed by atoms with Crippen LogP contribution in [0, 0.1) is 5.92 Å². The van der Waals surface area contributed by atoms with Gasteiger partial charge in [-0.25, -0.2) is 0 Å². The van der Waals surface area contributed by atoms with Crippen LogP contribution in [0.1, 0.15) is 87.1 Å². The van der Waals surface area contributed by atoms with Crippen molar-refractivity contribution in [3.8, 4) is 0 Å². The van der Waals surface area contributed by atoms with Crippen LogP contribution in [0.15, 0.2) is 30.3 Å². The van der Waals surface area contributed by atoms with Crippen LogP contribution in [-0.2, 0) is 36.4 Å². The molecule has 0 aliphatic rings. The second-order valence-electron chi connectivity index (χ2n) is 11.4. The van der Waals surface area contributed by atoms with Gasteiger partial charge in [0.25, 0.3) is 0 Å². The maximum absolute atomic E-state index is 13.6. The Morgan fingerprint density at radius 2 is 1.56 bits per heavy atom. The van der Waals surface area contributed by atoms with Gasteiger partial charge in [0.2, 0.25) is 0 Å². The van der Waals surface area contributed by atoms with E-state index < -0.39 is 21.1 Å². The van der Waals surface area contributed by atoms with Gasteiger partial charge in [-0.05, 0) is 87.1 Å². The van der Waals surface area contributed by atoms with E-state index in [1.807, 2.05) is 92.6 Å². The number of carbonyl (C=O) groups excluding carboxylic acids is 1. The summed E-state index contributed by atoms with van der Waals surface area (Å²) in [5.41, 5.74) is -0.177. The van der Waals surface area contributed by atoms with Crippen molar-refractivity contribution in [1.29, 1.82) is 0 Å². The number of rotatable bonds is 16. The Labute approximate surface area is 210 Å². The van der Waals surface area contributed by atoms with Gasteiger partial charge in [0.1, 0.15) is 5.60 Å². The van der Waals surface area contributed by atoms with Crippen LogP contribution in [0.2, 0.25) is 0 Å². The number of carbonyl (C=O) groups is 1. The maximum atomic E-state index is 13.6. The molecule has 0 N–H and O–H groups in total. The van der Waals surface area contributed by atoms with E-state index in [2.05, 4.69) is 0 Å². The zero-order chi connectivity index (χ0) is 26.0. The molecule has 0 spiro atoms. The van der Waals surface area contributed by atoms with Crippen molar-refractivity contribution in [3.63, 3.8) is 0 Å². The van der Waals surface area contributed by atoms with Crippen molar-refractivity contribution in [2.45, 2.75) is 110 Å². The van der Waals surface area contributed by atoms with Crippen LogP contribution in [0.3, 0.4) is 0 Å². The summed E-state index contributed by atoms with van der Waals surface area (Å²) in [6.45, 7) is 19.2. The molecule has 0 saturated heterocycles. The second-order valence-corrected chi connectivity index (χ2v) is 13.5. The highest BCUT2D eigenvalue weighted by Crippen LogP contribution is 2.27. The molecule has 0 heterocycles. The van der Waals surface area contributed by atoms with Crippen molar-refractivity contribution < 1.29 is 23.2 Å². The fraction of sp³-hybridized carbons (Fsp3) is 0.750. The lowest BCUT2D eigenvalue weighted by atomic mass is 9.89. The molecule has 2 unspecified atom stereocenters. The van der Waals surface area contributed by atoms with Gasteiger partial charge < -0.3 is 14.2 Å². The summed E-state index contributed by atoms with van der Waals surface area (Å²) in [5.74, 6) is -0.0329. The van der Waals surface area contributed by atoms with E-state index in [9.17, 15) is 9.00 Å². The number of ketones is 1. The van der Waals surface area contributed by atoms with Gasteiger partial charge in [0.15, 0.2) is 5.78 Å². The summed E-state index contributed by atoms with van der Waals surface area (Å²) in [6.07, 6.45) is 2.19. The van der Waals surface area contributed by atoms with Gasteiger partial charge in [-0.2, -0.15) is 0 Å². The fourth-order valence-electron chi connectivity index (χ4n) is 3.46. The average Bonchev–Trinajstić information content (AvgIpc) is 2.73. The monoisotopic (exact) mass is 496 g/mol. The minimum absolute atomic E-state index is 0.00284. The highest BCUT2D eigenvalue weighted by atomic mass is 32.2. The van der Waals surface area contributed by atoms with Crippen LogP contribution in [0.4, 0.5) is 0 Å². The highest BCUT2D eigenvalue weighted by molar-refractivity contribution is 7.86. The Kier molecular flexibility index (Phi) is 12.6. The lowest BCUT2D eigenvalue weighted by Crippen LogP contribution is -2.43. The smallest absolute Gasteiger partial charge is 0.168 e. The molecule has 34 heavy (non-hydrogen) atoms. The van der Waals surface area contributed by atoms with E-state index in [0.717, 1.165) is 12.0 Å². The first kappa shape index (κ1) is 31.0. The Balaban J connectivity index is 2.86. The zero-order valence-electron chi connectivity index (χ0n) is 22.9. The third kappa shape index (κ3) is 12.1. The average molecular weight is 497 g/mol. The summed E-state index contributed by atoms with van der Waals surface area (Å²) >= 11 is 0. The third-order valence-electron chi connectivity index (χ3n) is 5.76. The maximum Gasteiger partial charge on any atom is 0.168 e. The largest absolute Gasteiger partial charge is 0.379 e. The van der Waals surface area contributed by atoms with Crippen LogP contribution >= 0.6 is 0 Å². The van der Waals surface area contributed by atoms with E-state index in [-0.39, 0.29) is 23.4 Å². The van der Waals surface area contributed by atoms with Crippen molar-refractivity contribution in [2.75, 3.05) is 19.0 Å². The van der Waals surface area contributed by atoms with Gasteiger partial charge in [0, 0.05) is 40.4 Å². The first-order valence-corrected chi connectivity index (χ1v) is 13.8. The van der Waals surface area contributed by atoms with Crippen molar-refractivity contribution in [2.24, 2.45) is 5.92 Å². The summed E-state index contributed by atoms with van der Waals surface area (Å²) in [4.78, 5) is 13.6. The van der Waals surface area contributed by atoms with Crippen molar-refractivity contribution in [1.82, 2.24) is 0 Å². The van der Waals surface area contributed by atoms with E-state index in [4.69, 9.17) is 14.2 Å². The second kappa shape index (κ2) is 13.9. The van der Waals surface area contributed by atoms with Crippen LogP contribution in [0.25, 0.3) is 0 Å². The summed E-state index contributed by atoms with van der Waals surface area (Å²) in [7, 11) is -1.20. The Morgan fingerprint density at radius 1 is 0.941 bits per heavy atom. The van der Waals surface area contributed by atoms with E-state index in [1.165, 1.54) is 0 Å². The number of Topliss-reactive ketones (excluding diaryl/α,β-unsaturated/α-hetero) is 1. The summed E-state index contributed by atoms with van der Waals surface area (Å²) in [6, 6.07) is 9.84. The van der Waals surface area contributed by atoms with Crippen molar-refractivity contribution >= 4 is 16.6 Å². The van der Waals surface area contributed by atoms with Gasteiger partial charge >= 0.3 is 0 Å². The van der Waals surface area contributed by atoms with Crippen LogP contribution in [-0.4, -0.2) is 51.0 Å². The molecule has 196 valence electrons. The zero-order valence-corrected chi connectivity index (χ0v) is 23.8. The van der Waals surface area contributed by atoms with E-state index in [0.29, 0.717) is 38.4 Å². The Morgan fingerprint density at radius 3 is 2.12 bits per heavy atom. The van der Waals surface area contributed by atoms with Gasteiger partial charge in [-0.3, -0.25) is 9.00 Å². The molecule has 2 atom stereocenters. The Hall–Kier alpha value is -1.08. The minimum Gasteiger partial charge on any atom is -0.379 e. The summed E-state index contributed by atoms with van der Waals surface area (Å²) in [5, 5.41) is 0. The SMILES string of the molecule is CC(C)OCCCC(CS(=O)C(C)(C)CCOC(C)(C)C)C(=O)C(C)(C)OCc1ccccc1. The molecular formula is C28H48O5S. The molecule has 1 aromatic rings. The fourth-order valence-corrected chi connectivity index (χ4v) is 4.91. The molecule has 5 nitrogen and oxygen atoms in total. The molecule has 0 aliphatic carbocycles. The normalized spacial score (nSPS) is 14.9. The molecule has 6 heteroatoms. The number of ether oxygens (including phenoxy) is 3. The molecule has 1 aromatic carbocycles. The molecule has 0 saturated carbocycles. The van der Waals surface area contributed by atoms with E-state index in [1.54, 1.807) is 0 Å². The topological polar surface area (TPSA) is 61.8 Å². The predicted octanol–water partition coefficient (Wildman–Crippen LogP) is 6.10. The summed E-state index contributed by atoms with van der Waals surface area (Å²) < 4.78 is 30.6. The lowest BCUT2D eigenvalue weighted by molar-refractivity contribution is -0.145. The molecule has 0 radical (unpaired) electrons. The molecule has 0 aliphatic heterocycles. The van der Waals surface area contributed by atoms with Gasteiger partial charge in [-0.15, -0.1) is 0 Å². The number of benzene rings is 1. The van der Waals surface area contributed by atoms with Crippen LogP contribution < -0.4 is 0 Å². The number of hydrogen-bond acceptors (Lipinski definition) is 5. The first-order valence-electron chi connectivity index (χ1n) is 12.5. The van der Waals surface area contributed by atoms with Gasteiger partial charge in [0.05, 0.1) is 18.3 Å². The molecule has 0 amide bonds. The Bertz CT molecular complexity index is 750. The molecule has 1 rings (SSSR count). The molecule has 0 fully saturated rings.